The van der Waals surface area contributed by atoms with Gasteiger partial charge in [-0.15, -0.1) is 0 Å². The Bertz CT molecular complexity index is 670. The van der Waals surface area contributed by atoms with E-state index in [0.29, 0.717) is 23.5 Å². The number of fused-ring (bicyclic) bond motifs is 1. The molecule has 3 aromatic rings. The van der Waals surface area contributed by atoms with E-state index in [0.717, 1.165) is 5.76 Å². The fraction of sp³-hybridized carbons (Fsp3) is 0.0909. The Morgan fingerprint density at radius 3 is 2.94 bits per heavy atom. The fourth-order valence-corrected chi connectivity index (χ4v) is 1.71. The van der Waals surface area contributed by atoms with Gasteiger partial charge in [0.15, 0.2) is 17.0 Å². The maximum atomic E-state index is 5.83. The van der Waals surface area contributed by atoms with Gasteiger partial charge in [-0.1, -0.05) is 0 Å². The van der Waals surface area contributed by atoms with Crippen molar-refractivity contribution in [2.45, 2.75) is 6.54 Å². The molecule has 1 N–H and O–H groups in total. The highest BCUT2D eigenvalue weighted by molar-refractivity contribution is 6.28. The van der Waals surface area contributed by atoms with Crippen LogP contribution < -0.4 is 5.32 Å². The molecule has 0 bridgehead atoms. The molecular weight excluding hydrogens is 254 g/mol. The summed E-state index contributed by atoms with van der Waals surface area (Å²) in [6, 6.07) is 3.69. The SMILES string of the molecule is Clc1nc(NCc2ccco2)c2nccnc2n1. The van der Waals surface area contributed by atoms with E-state index in [4.69, 9.17) is 16.0 Å². The van der Waals surface area contributed by atoms with E-state index < -0.39 is 0 Å². The van der Waals surface area contributed by atoms with Gasteiger partial charge in [0.1, 0.15) is 5.76 Å². The number of anilines is 1. The van der Waals surface area contributed by atoms with Crippen LogP contribution in [-0.2, 0) is 6.54 Å². The van der Waals surface area contributed by atoms with E-state index in [1.165, 1.54) is 0 Å². The lowest BCUT2D eigenvalue weighted by Crippen LogP contribution is -2.04. The average Bonchev–Trinajstić information content (AvgIpc) is 2.89. The molecule has 0 spiro atoms. The lowest BCUT2D eigenvalue weighted by molar-refractivity contribution is 0.518. The Hall–Kier alpha value is -2.21. The summed E-state index contributed by atoms with van der Waals surface area (Å²) >= 11 is 5.83. The number of hydrogen-bond donors (Lipinski definition) is 1. The third-order valence-corrected chi connectivity index (χ3v) is 2.48. The molecule has 0 unspecified atom stereocenters. The van der Waals surface area contributed by atoms with Gasteiger partial charge in [0.25, 0.3) is 0 Å². The number of nitrogens with one attached hydrogen (secondary N) is 1. The molecule has 0 atom stereocenters. The summed E-state index contributed by atoms with van der Waals surface area (Å²) in [5, 5.41) is 3.23. The standard InChI is InChI=1S/C11H8ClN5O/c12-11-16-9-8(13-3-4-14-9)10(17-11)15-6-7-2-1-5-18-7/h1-5H,6H2,(H,14,15,16,17). The summed E-state index contributed by atoms with van der Waals surface area (Å²) in [5.74, 6) is 1.33. The number of nitrogens with zero attached hydrogens (tertiary/aromatic N) is 4. The third kappa shape index (κ3) is 2.10. The van der Waals surface area contributed by atoms with Crippen LogP contribution in [0.5, 0.6) is 0 Å². The van der Waals surface area contributed by atoms with Crippen molar-refractivity contribution in [3.05, 3.63) is 41.8 Å². The van der Waals surface area contributed by atoms with Gasteiger partial charge in [-0.05, 0) is 23.7 Å². The average molecular weight is 262 g/mol. The molecule has 0 aliphatic carbocycles. The summed E-state index contributed by atoms with van der Waals surface area (Å²) in [7, 11) is 0. The highest BCUT2D eigenvalue weighted by atomic mass is 35.5. The van der Waals surface area contributed by atoms with Crippen LogP contribution in [-0.4, -0.2) is 19.9 Å². The predicted octanol–water partition coefficient (Wildman–Crippen LogP) is 2.28. The quantitative estimate of drug-likeness (QED) is 0.729. The molecule has 0 fully saturated rings. The Labute approximate surface area is 107 Å². The number of aromatic nitrogens is 4. The third-order valence-electron chi connectivity index (χ3n) is 2.32. The number of furan rings is 1. The second-order valence-electron chi connectivity index (χ2n) is 3.50. The van der Waals surface area contributed by atoms with E-state index in [1.807, 2.05) is 12.1 Å². The molecule has 0 radical (unpaired) electrons. The molecule has 0 amide bonds. The van der Waals surface area contributed by atoms with Gasteiger partial charge in [0.05, 0.1) is 12.8 Å². The number of hydrogen-bond acceptors (Lipinski definition) is 6. The van der Waals surface area contributed by atoms with Crippen molar-refractivity contribution in [3.63, 3.8) is 0 Å². The molecule has 90 valence electrons. The minimum absolute atomic E-state index is 0.130. The maximum absolute atomic E-state index is 5.83. The number of halogens is 1. The van der Waals surface area contributed by atoms with E-state index in [1.54, 1.807) is 18.7 Å². The van der Waals surface area contributed by atoms with Crippen molar-refractivity contribution in [1.82, 2.24) is 19.9 Å². The molecule has 6 nitrogen and oxygen atoms in total. The molecular formula is C11H8ClN5O. The first kappa shape index (κ1) is 10.9. The minimum atomic E-state index is 0.130. The van der Waals surface area contributed by atoms with Gasteiger partial charge < -0.3 is 9.73 Å². The summed E-state index contributed by atoms with van der Waals surface area (Å²) < 4.78 is 5.22. The lowest BCUT2D eigenvalue weighted by atomic mass is 10.4. The van der Waals surface area contributed by atoms with Crippen LogP contribution in [0.1, 0.15) is 5.76 Å². The number of rotatable bonds is 3. The van der Waals surface area contributed by atoms with Crippen molar-refractivity contribution in [1.29, 1.82) is 0 Å². The second kappa shape index (κ2) is 4.58. The molecule has 3 heterocycles. The first-order valence-electron chi connectivity index (χ1n) is 5.23. The normalized spacial score (nSPS) is 10.7. The molecule has 3 aromatic heterocycles. The van der Waals surface area contributed by atoms with E-state index in [2.05, 4.69) is 25.3 Å². The van der Waals surface area contributed by atoms with Gasteiger partial charge in [-0.3, -0.25) is 0 Å². The van der Waals surface area contributed by atoms with Crippen LogP contribution in [0.3, 0.4) is 0 Å². The van der Waals surface area contributed by atoms with Gasteiger partial charge in [-0.25, -0.2) is 9.97 Å². The second-order valence-corrected chi connectivity index (χ2v) is 3.84. The molecule has 0 saturated carbocycles. The molecule has 0 aromatic carbocycles. The topological polar surface area (TPSA) is 76.7 Å². The summed E-state index contributed by atoms with van der Waals surface area (Å²) in [6.07, 6.45) is 4.75. The van der Waals surface area contributed by atoms with Crippen LogP contribution in [0.15, 0.2) is 35.2 Å². The molecule has 0 aliphatic heterocycles. The highest BCUT2D eigenvalue weighted by Crippen LogP contribution is 2.18. The summed E-state index contributed by atoms with van der Waals surface area (Å²) in [5.41, 5.74) is 1.04. The van der Waals surface area contributed by atoms with Gasteiger partial charge >= 0.3 is 0 Å². The molecule has 3 rings (SSSR count). The highest BCUT2D eigenvalue weighted by Gasteiger charge is 2.08. The van der Waals surface area contributed by atoms with Gasteiger partial charge in [-0.2, -0.15) is 9.97 Å². The fourth-order valence-electron chi connectivity index (χ4n) is 1.54. The van der Waals surface area contributed by atoms with E-state index >= 15 is 0 Å². The van der Waals surface area contributed by atoms with Gasteiger partial charge in [0, 0.05) is 12.4 Å². The van der Waals surface area contributed by atoms with Crippen LogP contribution in [0.4, 0.5) is 5.82 Å². The smallest absolute Gasteiger partial charge is 0.226 e. The van der Waals surface area contributed by atoms with Crippen LogP contribution in [0, 0.1) is 0 Å². The van der Waals surface area contributed by atoms with Crippen molar-refractivity contribution in [2.75, 3.05) is 5.32 Å². The molecule has 0 saturated heterocycles. The Morgan fingerprint density at radius 1 is 1.22 bits per heavy atom. The molecule has 0 aliphatic rings. The van der Waals surface area contributed by atoms with Gasteiger partial charge in [0.2, 0.25) is 5.28 Å². The Morgan fingerprint density at radius 2 is 2.11 bits per heavy atom. The van der Waals surface area contributed by atoms with E-state index in [-0.39, 0.29) is 5.28 Å². The van der Waals surface area contributed by atoms with Crippen LogP contribution in [0.25, 0.3) is 11.2 Å². The van der Waals surface area contributed by atoms with Crippen molar-refractivity contribution in [3.8, 4) is 0 Å². The molecule has 7 heteroatoms. The zero-order chi connectivity index (χ0) is 12.4. The zero-order valence-electron chi connectivity index (χ0n) is 9.17. The largest absolute Gasteiger partial charge is 0.467 e. The first-order chi connectivity index (χ1) is 8.83. The zero-order valence-corrected chi connectivity index (χ0v) is 9.92. The van der Waals surface area contributed by atoms with Crippen molar-refractivity contribution in [2.24, 2.45) is 0 Å². The monoisotopic (exact) mass is 261 g/mol. The van der Waals surface area contributed by atoms with Crippen molar-refractivity contribution >= 4 is 28.6 Å². The van der Waals surface area contributed by atoms with Crippen LogP contribution in [0.2, 0.25) is 5.28 Å². The lowest BCUT2D eigenvalue weighted by Gasteiger charge is -2.06. The van der Waals surface area contributed by atoms with Crippen molar-refractivity contribution < 1.29 is 4.42 Å². The maximum Gasteiger partial charge on any atom is 0.226 e. The minimum Gasteiger partial charge on any atom is -0.467 e. The Kier molecular flexibility index (Phi) is 2.77. The summed E-state index contributed by atoms with van der Waals surface area (Å²) in [6.45, 7) is 0.492. The van der Waals surface area contributed by atoms with E-state index in [9.17, 15) is 0 Å². The predicted molar refractivity (Wildman–Crippen MR) is 66.2 cm³/mol. The summed E-state index contributed by atoms with van der Waals surface area (Å²) in [4.78, 5) is 16.4. The molecule has 18 heavy (non-hydrogen) atoms. The first-order valence-corrected chi connectivity index (χ1v) is 5.61. The van der Waals surface area contributed by atoms with Crippen LogP contribution >= 0.6 is 11.6 Å². The Balaban J connectivity index is 1.95.